The number of rotatable bonds is 6. The third kappa shape index (κ3) is 4.50. The van der Waals surface area contributed by atoms with Crippen LogP contribution in [0.15, 0.2) is 67.0 Å². The third-order valence-electron chi connectivity index (χ3n) is 4.00. The molecule has 1 N–H and O–H groups in total. The lowest BCUT2D eigenvalue weighted by Gasteiger charge is -2.17. The van der Waals surface area contributed by atoms with E-state index in [0.29, 0.717) is 18.0 Å². The number of anilines is 3. The average Bonchev–Trinajstić information content (AvgIpc) is 2.74. The highest BCUT2D eigenvalue weighted by Crippen LogP contribution is 2.18. The highest BCUT2D eigenvalue weighted by atomic mass is 16.5. The van der Waals surface area contributed by atoms with Crippen molar-refractivity contribution in [2.45, 2.75) is 6.92 Å². The summed E-state index contributed by atoms with van der Waals surface area (Å²) in [6.45, 7) is 2.09. The van der Waals surface area contributed by atoms with Gasteiger partial charge < -0.3 is 15.0 Å². The molecular formula is C21H20N4O3. The van der Waals surface area contributed by atoms with E-state index in [-0.39, 0.29) is 17.6 Å². The first-order valence-corrected chi connectivity index (χ1v) is 8.78. The van der Waals surface area contributed by atoms with Gasteiger partial charge in [-0.3, -0.25) is 4.79 Å². The van der Waals surface area contributed by atoms with Crippen LogP contribution in [0.1, 0.15) is 27.8 Å². The lowest BCUT2D eigenvalue weighted by Crippen LogP contribution is -2.27. The van der Waals surface area contributed by atoms with E-state index in [9.17, 15) is 9.59 Å². The molecule has 0 bridgehead atoms. The van der Waals surface area contributed by atoms with Crippen molar-refractivity contribution in [3.8, 4) is 0 Å². The molecule has 0 fully saturated rings. The summed E-state index contributed by atoms with van der Waals surface area (Å²) in [4.78, 5) is 34.2. The summed E-state index contributed by atoms with van der Waals surface area (Å²) >= 11 is 0. The van der Waals surface area contributed by atoms with E-state index in [1.165, 1.54) is 11.2 Å². The van der Waals surface area contributed by atoms with Gasteiger partial charge in [0.15, 0.2) is 0 Å². The fourth-order valence-electron chi connectivity index (χ4n) is 2.54. The standard InChI is InChI=1S/C21H20N4O3/c1-3-28-21(27)15-9-11-16(12-10-15)24-19-13-18(22-14-23-19)20(26)25(2)17-7-5-4-6-8-17/h4-14H,3H2,1-2H3,(H,22,23,24). The Morgan fingerprint density at radius 3 is 2.43 bits per heavy atom. The van der Waals surface area contributed by atoms with E-state index < -0.39 is 0 Å². The van der Waals surface area contributed by atoms with E-state index in [2.05, 4.69) is 15.3 Å². The SMILES string of the molecule is CCOC(=O)c1ccc(Nc2cc(C(=O)N(C)c3ccccc3)ncn2)cc1. The van der Waals surface area contributed by atoms with Gasteiger partial charge in [-0.1, -0.05) is 18.2 Å². The minimum Gasteiger partial charge on any atom is -0.462 e. The van der Waals surface area contributed by atoms with Crippen LogP contribution in [0.5, 0.6) is 0 Å². The first-order valence-electron chi connectivity index (χ1n) is 8.78. The fraction of sp³-hybridized carbons (Fsp3) is 0.143. The maximum Gasteiger partial charge on any atom is 0.338 e. The second-order valence-electron chi connectivity index (χ2n) is 5.91. The molecule has 0 saturated carbocycles. The molecule has 0 aliphatic rings. The maximum absolute atomic E-state index is 12.7. The van der Waals surface area contributed by atoms with Crippen molar-refractivity contribution in [1.82, 2.24) is 9.97 Å². The van der Waals surface area contributed by atoms with Crippen LogP contribution in [0.2, 0.25) is 0 Å². The number of carbonyl (C=O) groups is 2. The summed E-state index contributed by atoms with van der Waals surface area (Å²) in [5.74, 6) is -0.133. The molecular weight excluding hydrogens is 356 g/mol. The highest BCUT2D eigenvalue weighted by molar-refractivity contribution is 6.04. The van der Waals surface area contributed by atoms with Crippen molar-refractivity contribution in [3.63, 3.8) is 0 Å². The van der Waals surface area contributed by atoms with Gasteiger partial charge >= 0.3 is 5.97 Å². The van der Waals surface area contributed by atoms with E-state index in [1.807, 2.05) is 30.3 Å². The molecule has 0 radical (unpaired) electrons. The normalized spacial score (nSPS) is 10.2. The Balaban J connectivity index is 1.73. The zero-order valence-corrected chi connectivity index (χ0v) is 15.6. The molecule has 0 unspecified atom stereocenters. The van der Waals surface area contributed by atoms with Crippen molar-refractivity contribution in [1.29, 1.82) is 0 Å². The van der Waals surface area contributed by atoms with Gasteiger partial charge in [-0.15, -0.1) is 0 Å². The van der Waals surface area contributed by atoms with Crippen LogP contribution < -0.4 is 10.2 Å². The van der Waals surface area contributed by atoms with Crippen LogP contribution in [0.25, 0.3) is 0 Å². The number of hydrogen-bond donors (Lipinski definition) is 1. The number of esters is 1. The molecule has 3 rings (SSSR count). The second kappa shape index (κ2) is 8.77. The zero-order valence-electron chi connectivity index (χ0n) is 15.6. The summed E-state index contributed by atoms with van der Waals surface area (Å²) in [6.07, 6.45) is 1.33. The summed E-state index contributed by atoms with van der Waals surface area (Å²) in [5.41, 5.74) is 2.24. The minimum atomic E-state index is -0.368. The Morgan fingerprint density at radius 2 is 1.75 bits per heavy atom. The predicted molar refractivity (Wildman–Crippen MR) is 107 cm³/mol. The number of ether oxygens (including phenoxy) is 1. The second-order valence-corrected chi connectivity index (χ2v) is 5.91. The fourth-order valence-corrected chi connectivity index (χ4v) is 2.54. The molecule has 0 saturated heterocycles. The summed E-state index contributed by atoms with van der Waals surface area (Å²) < 4.78 is 4.96. The monoisotopic (exact) mass is 376 g/mol. The molecule has 142 valence electrons. The van der Waals surface area contributed by atoms with Crippen LogP contribution >= 0.6 is 0 Å². The third-order valence-corrected chi connectivity index (χ3v) is 4.00. The number of nitrogens with zero attached hydrogens (tertiary/aromatic N) is 3. The number of hydrogen-bond acceptors (Lipinski definition) is 6. The number of carbonyl (C=O) groups excluding carboxylic acids is 2. The van der Waals surface area contributed by atoms with Gasteiger partial charge in [0.05, 0.1) is 12.2 Å². The van der Waals surface area contributed by atoms with Crippen molar-refractivity contribution in [2.24, 2.45) is 0 Å². The molecule has 0 atom stereocenters. The molecule has 2 aromatic carbocycles. The van der Waals surface area contributed by atoms with Crippen LogP contribution in [-0.4, -0.2) is 35.5 Å². The summed E-state index contributed by atoms with van der Waals surface area (Å²) in [6, 6.07) is 17.7. The Hall–Kier alpha value is -3.74. The first kappa shape index (κ1) is 19.0. The van der Waals surface area contributed by atoms with E-state index in [0.717, 1.165) is 11.4 Å². The zero-order chi connectivity index (χ0) is 19.9. The number of aromatic nitrogens is 2. The highest BCUT2D eigenvalue weighted by Gasteiger charge is 2.15. The number of nitrogens with one attached hydrogen (secondary N) is 1. The van der Waals surface area contributed by atoms with Gasteiger partial charge in [-0.25, -0.2) is 14.8 Å². The van der Waals surface area contributed by atoms with E-state index in [4.69, 9.17) is 4.74 Å². The molecule has 0 spiro atoms. The first-order chi connectivity index (χ1) is 13.6. The molecule has 0 aliphatic heterocycles. The molecule has 3 aromatic rings. The smallest absolute Gasteiger partial charge is 0.338 e. The predicted octanol–water partition coefficient (Wildman–Crippen LogP) is 3.67. The van der Waals surface area contributed by atoms with Gasteiger partial charge in [0.2, 0.25) is 0 Å². The Labute approximate surface area is 163 Å². The Bertz CT molecular complexity index is 959. The van der Waals surface area contributed by atoms with Crippen LogP contribution in [-0.2, 0) is 4.74 Å². The van der Waals surface area contributed by atoms with Gasteiger partial charge in [0.25, 0.3) is 5.91 Å². The van der Waals surface area contributed by atoms with Crippen LogP contribution in [0.3, 0.4) is 0 Å². The lowest BCUT2D eigenvalue weighted by molar-refractivity contribution is 0.0526. The molecule has 1 aromatic heterocycles. The van der Waals surface area contributed by atoms with Crippen molar-refractivity contribution < 1.29 is 14.3 Å². The van der Waals surface area contributed by atoms with E-state index in [1.54, 1.807) is 44.3 Å². The molecule has 28 heavy (non-hydrogen) atoms. The number of para-hydroxylation sites is 1. The lowest BCUT2D eigenvalue weighted by atomic mass is 10.2. The largest absolute Gasteiger partial charge is 0.462 e. The summed E-state index contributed by atoms with van der Waals surface area (Å²) in [5, 5.41) is 3.10. The molecule has 1 heterocycles. The van der Waals surface area contributed by atoms with Gasteiger partial charge in [-0.2, -0.15) is 0 Å². The Morgan fingerprint density at radius 1 is 1.04 bits per heavy atom. The van der Waals surface area contributed by atoms with Crippen molar-refractivity contribution in [3.05, 3.63) is 78.2 Å². The van der Waals surface area contributed by atoms with Crippen LogP contribution in [0.4, 0.5) is 17.2 Å². The topological polar surface area (TPSA) is 84.4 Å². The van der Waals surface area contributed by atoms with Crippen LogP contribution in [0, 0.1) is 0 Å². The summed E-state index contributed by atoms with van der Waals surface area (Å²) in [7, 11) is 1.70. The average molecular weight is 376 g/mol. The van der Waals surface area contributed by atoms with Gasteiger partial charge in [0.1, 0.15) is 17.8 Å². The van der Waals surface area contributed by atoms with Gasteiger partial charge in [-0.05, 0) is 43.3 Å². The maximum atomic E-state index is 12.7. The van der Waals surface area contributed by atoms with Crippen molar-refractivity contribution >= 4 is 29.1 Å². The number of amides is 1. The molecule has 7 heteroatoms. The molecule has 7 nitrogen and oxygen atoms in total. The van der Waals surface area contributed by atoms with Gasteiger partial charge in [0, 0.05) is 24.5 Å². The number of benzene rings is 2. The molecule has 0 aliphatic carbocycles. The Kier molecular flexibility index (Phi) is 5.96. The minimum absolute atomic E-state index is 0.241. The van der Waals surface area contributed by atoms with E-state index >= 15 is 0 Å². The van der Waals surface area contributed by atoms with Crippen molar-refractivity contribution in [2.75, 3.05) is 23.9 Å². The quantitative estimate of drug-likeness (QED) is 0.661. The molecule has 1 amide bonds.